The van der Waals surface area contributed by atoms with Gasteiger partial charge < -0.3 is 14.2 Å². The minimum absolute atomic E-state index is 0.0463. The average molecular weight is 635 g/mol. The number of alkyl halides is 1. The molecule has 0 saturated carbocycles. The molecule has 244 valence electrons. The van der Waals surface area contributed by atoms with Crippen LogP contribution in [-0.4, -0.2) is 85.6 Å². The first-order chi connectivity index (χ1) is 21.7. The van der Waals surface area contributed by atoms with Crippen molar-refractivity contribution in [3.05, 3.63) is 65.1 Å². The third kappa shape index (κ3) is 7.66. The summed E-state index contributed by atoms with van der Waals surface area (Å²) in [4.78, 5) is 21.8. The van der Waals surface area contributed by atoms with Crippen molar-refractivity contribution >= 4 is 16.8 Å². The molecular formula is C32H38F4N4O5. The van der Waals surface area contributed by atoms with Gasteiger partial charge in [0.25, 0.3) is 0 Å². The van der Waals surface area contributed by atoms with Crippen LogP contribution in [0.4, 0.5) is 17.6 Å². The van der Waals surface area contributed by atoms with Crippen molar-refractivity contribution in [1.29, 1.82) is 0 Å². The monoisotopic (exact) mass is 634 g/mol. The lowest BCUT2D eigenvalue weighted by atomic mass is 9.73. The Hall–Kier alpha value is -3.52. The van der Waals surface area contributed by atoms with Gasteiger partial charge in [-0.2, -0.15) is 0 Å². The van der Waals surface area contributed by atoms with Crippen LogP contribution in [0.5, 0.6) is 11.5 Å². The van der Waals surface area contributed by atoms with Gasteiger partial charge in [-0.3, -0.25) is 24.8 Å². The van der Waals surface area contributed by atoms with Crippen LogP contribution in [0.3, 0.4) is 0 Å². The van der Waals surface area contributed by atoms with E-state index in [1.54, 1.807) is 37.0 Å². The summed E-state index contributed by atoms with van der Waals surface area (Å²) in [6, 6.07) is 6.94. The van der Waals surface area contributed by atoms with Gasteiger partial charge in [0.2, 0.25) is 5.91 Å². The highest BCUT2D eigenvalue weighted by atomic mass is 19.2. The number of fused-ring (bicyclic) bond motifs is 1. The molecule has 5 rings (SSSR count). The van der Waals surface area contributed by atoms with Crippen LogP contribution in [0.25, 0.3) is 10.9 Å². The van der Waals surface area contributed by atoms with Crippen molar-refractivity contribution in [3.63, 3.8) is 0 Å². The van der Waals surface area contributed by atoms with Gasteiger partial charge in [0, 0.05) is 55.5 Å². The second-order valence-corrected chi connectivity index (χ2v) is 11.6. The highest BCUT2D eigenvalue weighted by Gasteiger charge is 2.42. The lowest BCUT2D eigenvalue weighted by Crippen LogP contribution is -2.49. The molecule has 13 heteroatoms. The Balaban J connectivity index is 1.27. The number of ether oxygens (including phenoxy) is 3. The van der Waals surface area contributed by atoms with Crippen LogP contribution >= 0.6 is 0 Å². The number of carbonyl (C=O) groups is 1. The zero-order valence-electron chi connectivity index (χ0n) is 25.2. The molecule has 2 aromatic carbocycles. The number of pyridine rings is 1. The van der Waals surface area contributed by atoms with E-state index in [0.29, 0.717) is 74.5 Å². The molecule has 1 amide bonds. The Morgan fingerprint density at radius 1 is 1.07 bits per heavy atom. The second kappa shape index (κ2) is 14.7. The van der Waals surface area contributed by atoms with Crippen LogP contribution in [0.2, 0.25) is 0 Å². The van der Waals surface area contributed by atoms with Gasteiger partial charge in [0.15, 0.2) is 17.5 Å². The van der Waals surface area contributed by atoms with Crippen LogP contribution in [-0.2, 0) is 16.1 Å². The molecular weight excluding hydrogens is 596 g/mol. The number of morpholine rings is 1. The summed E-state index contributed by atoms with van der Waals surface area (Å²) < 4.78 is 73.0. The molecule has 9 nitrogen and oxygen atoms in total. The molecule has 0 radical (unpaired) electrons. The van der Waals surface area contributed by atoms with Gasteiger partial charge >= 0.3 is 0 Å². The zero-order valence-corrected chi connectivity index (χ0v) is 25.2. The normalized spacial score (nSPS) is 18.1. The number of hydroxylamine groups is 1. The Bertz CT molecular complexity index is 1460. The van der Waals surface area contributed by atoms with E-state index in [4.69, 9.17) is 14.2 Å². The predicted octanol–water partition coefficient (Wildman–Crippen LogP) is 4.95. The molecule has 1 aromatic heterocycles. The first-order valence-corrected chi connectivity index (χ1v) is 15.1. The molecule has 2 aliphatic heterocycles. The minimum Gasteiger partial charge on any atom is -0.497 e. The van der Waals surface area contributed by atoms with Crippen LogP contribution in [0, 0.1) is 22.9 Å². The molecule has 2 saturated heterocycles. The summed E-state index contributed by atoms with van der Waals surface area (Å²) in [5.41, 5.74) is 2.73. The van der Waals surface area contributed by atoms with Crippen molar-refractivity contribution in [3.8, 4) is 11.5 Å². The second-order valence-electron chi connectivity index (χ2n) is 11.6. The summed E-state index contributed by atoms with van der Waals surface area (Å²) >= 11 is 0. The molecule has 0 unspecified atom stereocenters. The lowest BCUT2D eigenvalue weighted by molar-refractivity contribution is -0.143. The fraction of sp³-hybridized carbons (Fsp3) is 0.500. The van der Waals surface area contributed by atoms with Crippen LogP contribution in [0.15, 0.2) is 36.5 Å². The zero-order chi connectivity index (χ0) is 32.0. The maximum atomic E-state index is 16.5. The van der Waals surface area contributed by atoms with E-state index in [2.05, 4.69) is 9.88 Å². The largest absolute Gasteiger partial charge is 0.497 e. The summed E-state index contributed by atoms with van der Waals surface area (Å²) in [7, 11) is 1.55. The molecule has 2 fully saturated rings. The summed E-state index contributed by atoms with van der Waals surface area (Å²) in [6.45, 7) is 4.56. The Labute approximate surface area is 259 Å². The molecule has 1 atom stereocenters. The Morgan fingerprint density at radius 2 is 1.78 bits per heavy atom. The van der Waals surface area contributed by atoms with Gasteiger partial charge in [-0.15, -0.1) is 0 Å². The van der Waals surface area contributed by atoms with E-state index in [9.17, 15) is 23.2 Å². The number of amides is 1. The standard InChI is InChI=1S/C32H38F4N4O5/c1-43-22-2-3-28-24(16-22)29(21(19-37-28)20-40-10-13-44-14-11-40)25(33)4-5-32(31(41)38-42)6-8-39(9-7-32)12-15-45-23-17-26(34)30(36)27(35)18-23/h2-3,16-19,25,42H,4-15,20H2,1H3,(H,38,41)/t25-/m1/s1. The van der Waals surface area contributed by atoms with Gasteiger partial charge in [-0.1, -0.05) is 0 Å². The summed E-state index contributed by atoms with van der Waals surface area (Å²) in [6.07, 6.45) is 1.27. The quantitative estimate of drug-likeness (QED) is 0.125. The van der Waals surface area contributed by atoms with Gasteiger partial charge in [0.05, 0.1) is 31.3 Å². The van der Waals surface area contributed by atoms with Crippen molar-refractivity contribution in [1.82, 2.24) is 20.3 Å². The Morgan fingerprint density at radius 3 is 2.44 bits per heavy atom. The number of piperidine rings is 1. The fourth-order valence-corrected chi connectivity index (χ4v) is 6.23. The molecule has 2 aliphatic rings. The average Bonchev–Trinajstić information content (AvgIpc) is 3.06. The maximum Gasteiger partial charge on any atom is 0.249 e. The molecule has 45 heavy (non-hydrogen) atoms. The summed E-state index contributed by atoms with van der Waals surface area (Å²) in [5, 5.41) is 10.3. The highest BCUT2D eigenvalue weighted by molar-refractivity contribution is 5.85. The Kier molecular flexibility index (Phi) is 10.7. The SMILES string of the molecule is COc1ccc2ncc(CN3CCOCC3)c([C@H](F)CCC3(C(=O)NO)CCN(CCOc4cc(F)c(F)c(F)c4)CC3)c2c1. The van der Waals surface area contributed by atoms with E-state index in [1.807, 2.05) is 4.90 Å². The molecule has 0 spiro atoms. The number of hydrogen-bond acceptors (Lipinski definition) is 8. The van der Waals surface area contributed by atoms with Crippen molar-refractivity contribution in [2.75, 3.05) is 59.7 Å². The van der Waals surface area contributed by atoms with Gasteiger partial charge in [0.1, 0.15) is 24.3 Å². The summed E-state index contributed by atoms with van der Waals surface area (Å²) in [5.74, 6) is -4.32. The molecule has 0 bridgehead atoms. The number of hydrogen-bond donors (Lipinski definition) is 2. The maximum absolute atomic E-state index is 16.5. The van der Waals surface area contributed by atoms with E-state index in [0.717, 1.165) is 30.8 Å². The topological polar surface area (TPSA) is 96.4 Å². The predicted molar refractivity (Wildman–Crippen MR) is 157 cm³/mol. The fourth-order valence-electron chi connectivity index (χ4n) is 6.23. The van der Waals surface area contributed by atoms with Crippen LogP contribution < -0.4 is 15.0 Å². The van der Waals surface area contributed by atoms with Crippen molar-refractivity contribution in [2.45, 2.75) is 38.4 Å². The molecule has 3 aromatic rings. The molecule has 0 aliphatic carbocycles. The van der Waals surface area contributed by atoms with Crippen LogP contribution in [0.1, 0.15) is 43.0 Å². The van der Waals surface area contributed by atoms with Gasteiger partial charge in [-0.25, -0.2) is 23.0 Å². The minimum atomic E-state index is -1.56. The number of halogens is 4. The number of likely N-dealkylation sites (tertiary alicyclic amines) is 1. The number of aromatic nitrogens is 1. The number of rotatable bonds is 12. The van der Waals surface area contributed by atoms with E-state index < -0.39 is 34.9 Å². The number of methoxy groups -OCH3 is 1. The van der Waals surface area contributed by atoms with E-state index in [1.165, 1.54) is 0 Å². The first-order valence-electron chi connectivity index (χ1n) is 15.1. The highest BCUT2D eigenvalue weighted by Crippen LogP contribution is 2.42. The lowest BCUT2D eigenvalue weighted by Gasteiger charge is -2.40. The number of benzene rings is 2. The number of carbonyl (C=O) groups excluding carboxylic acids is 1. The number of nitrogens with one attached hydrogen (secondary N) is 1. The molecule has 2 N–H and O–H groups in total. The van der Waals surface area contributed by atoms with E-state index >= 15 is 4.39 Å². The van der Waals surface area contributed by atoms with Crippen molar-refractivity contribution < 1.29 is 41.8 Å². The van der Waals surface area contributed by atoms with Crippen molar-refractivity contribution in [2.24, 2.45) is 5.41 Å². The number of nitrogens with zero attached hydrogens (tertiary/aromatic N) is 3. The third-order valence-electron chi connectivity index (χ3n) is 8.92. The first kappa shape index (κ1) is 32.9. The molecule has 3 heterocycles. The van der Waals surface area contributed by atoms with Gasteiger partial charge in [-0.05, 0) is 62.5 Å². The van der Waals surface area contributed by atoms with E-state index in [-0.39, 0.29) is 25.2 Å². The smallest absolute Gasteiger partial charge is 0.249 e. The third-order valence-corrected chi connectivity index (χ3v) is 8.92.